The molecule has 0 bridgehead atoms. The summed E-state index contributed by atoms with van der Waals surface area (Å²) in [5, 5.41) is 15.4. The van der Waals surface area contributed by atoms with Gasteiger partial charge in [-0.2, -0.15) is 0 Å². The average Bonchev–Trinajstić information content (AvgIpc) is 2.83. The van der Waals surface area contributed by atoms with E-state index in [9.17, 15) is 19.5 Å². The summed E-state index contributed by atoms with van der Waals surface area (Å²) in [4.78, 5) is 40.6. The number of nitrogens with zero attached hydrogens (tertiary/aromatic N) is 2. The first-order valence-corrected chi connectivity index (χ1v) is 11.4. The molecule has 1 aliphatic rings. The first-order chi connectivity index (χ1) is 16.4. The molecule has 0 spiro atoms. The van der Waals surface area contributed by atoms with Crippen LogP contribution < -0.4 is 15.5 Å². The van der Waals surface area contributed by atoms with E-state index in [0.717, 1.165) is 12.0 Å². The number of aromatic carboxylic acids is 1. The van der Waals surface area contributed by atoms with Crippen molar-refractivity contribution in [1.82, 2.24) is 10.2 Å². The third-order valence-electron chi connectivity index (χ3n) is 5.73. The van der Waals surface area contributed by atoms with Crippen molar-refractivity contribution in [3.63, 3.8) is 0 Å². The molecule has 1 aliphatic heterocycles. The number of carboxylic acids is 1. The molecule has 182 valence electrons. The Morgan fingerprint density at radius 1 is 1.03 bits per heavy atom. The lowest BCUT2D eigenvalue weighted by Crippen LogP contribution is -2.50. The highest BCUT2D eigenvalue weighted by Gasteiger charge is 2.23. The van der Waals surface area contributed by atoms with Gasteiger partial charge in [0.2, 0.25) is 5.91 Å². The number of piperazine rings is 1. The maximum Gasteiger partial charge on any atom is 0.337 e. The SMILES string of the molecule is COCCCNC(=O)CN1CCN(c2ccc(NC(=O)c3ccc(C)cc3)cc2C(=O)O)CC1. The smallest absolute Gasteiger partial charge is 0.337 e. The first kappa shape index (κ1) is 25.2. The molecule has 1 fully saturated rings. The molecule has 2 aromatic carbocycles. The molecule has 1 heterocycles. The van der Waals surface area contributed by atoms with Crippen molar-refractivity contribution < 1.29 is 24.2 Å². The van der Waals surface area contributed by atoms with Crippen LogP contribution in [0.3, 0.4) is 0 Å². The zero-order valence-electron chi connectivity index (χ0n) is 19.7. The molecule has 2 amide bonds. The van der Waals surface area contributed by atoms with Crippen LogP contribution in [0.4, 0.5) is 11.4 Å². The molecule has 2 aromatic rings. The second-order valence-electron chi connectivity index (χ2n) is 8.32. The van der Waals surface area contributed by atoms with Crippen molar-refractivity contribution in [3.8, 4) is 0 Å². The van der Waals surface area contributed by atoms with Gasteiger partial charge in [-0.15, -0.1) is 0 Å². The lowest BCUT2D eigenvalue weighted by molar-refractivity contribution is -0.122. The number of hydrogen-bond donors (Lipinski definition) is 3. The summed E-state index contributed by atoms with van der Waals surface area (Å²) in [6, 6.07) is 12.1. The van der Waals surface area contributed by atoms with Crippen LogP contribution in [0.2, 0.25) is 0 Å². The van der Waals surface area contributed by atoms with E-state index < -0.39 is 5.97 Å². The van der Waals surface area contributed by atoms with Crippen LogP contribution in [-0.2, 0) is 9.53 Å². The maximum absolute atomic E-state index is 12.5. The van der Waals surface area contributed by atoms with Crippen molar-refractivity contribution in [2.75, 3.05) is 63.2 Å². The van der Waals surface area contributed by atoms with Gasteiger partial charge in [-0.3, -0.25) is 14.5 Å². The highest BCUT2D eigenvalue weighted by atomic mass is 16.5. The summed E-state index contributed by atoms with van der Waals surface area (Å²) in [5.74, 6) is -1.37. The number of carbonyl (C=O) groups excluding carboxylic acids is 2. The summed E-state index contributed by atoms with van der Waals surface area (Å²) >= 11 is 0. The Balaban J connectivity index is 1.58. The molecule has 1 saturated heterocycles. The second-order valence-corrected chi connectivity index (χ2v) is 8.32. The molecule has 0 saturated carbocycles. The van der Waals surface area contributed by atoms with Gasteiger partial charge in [0.25, 0.3) is 5.91 Å². The summed E-state index contributed by atoms with van der Waals surface area (Å²) in [6.45, 7) is 5.96. The predicted octanol–water partition coefficient (Wildman–Crippen LogP) is 2.22. The number of carboxylic acid groups (broad SMARTS) is 1. The third-order valence-corrected chi connectivity index (χ3v) is 5.73. The number of aryl methyl sites for hydroxylation is 1. The molecule has 3 rings (SSSR count). The molecule has 0 atom stereocenters. The van der Waals surface area contributed by atoms with E-state index in [1.807, 2.05) is 24.0 Å². The Kier molecular flexibility index (Phi) is 9.00. The number of anilines is 2. The summed E-state index contributed by atoms with van der Waals surface area (Å²) in [7, 11) is 1.63. The molecule has 0 unspecified atom stereocenters. The molecule has 0 aromatic heterocycles. The molecule has 9 heteroatoms. The lowest BCUT2D eigenvalue weighted by atomic mass is 10.1. The fourth-order valence-electron chi connectivity index (χ4n) is 3.82. The van der Waals surface area contributed by atoms with Crippen molar-refractivity contribution in [1.29, 1.82) is 0 Å². The summed E-state index contributed by atoms with van der Waals surface area (Å²) < 4.78 is 4.97. The summed E-state index contributed by atoms with van der Waals surface area (Å²) in [5.41, 5.74) is 2.72. The van der Waals surface area contributed by atoms with E-state index in [0.29, 0.717) is 62.8 Å². The van der Waals surface area contributed by atoms with Crippen LogP contribution >= 0.6 is 0 Å². The number of amides is 2. The Bertz CT molecular complexity index is 1000. The number of nitrogens with one attached hydrogen (secondary N) is 2. The third kappa shape index (κ3) is 7.03. The van der Waals surface area contributed by atoms with Gasteiger partial charge in [-0.05, 0) is 43.7 Å². The summed E-state index contributed by atoms with van der Waals surface area (Å²) in [6.07, 6.45) is 0.773. The molecule has 9 nitrogen and oxygen atoms in total. The minimum Gasteiger partial charge on any atom is -0.478 e. The van der Waals surface area contributed by atoms with E-state index in [2.05, 4.69) is 15.5 Å². The first-order valence-electron chi connectivity index (χ1n) is 11.4. The van der Waals surface area contributed by atoms with Crippen molar-refractivity contribution in [2.45, 2.75) is 13.3 Å². The number of rotatable bonds is 10. The number of carbonyl (C=O) groups is 3. The molecule has 34 heavy (non-hydrogen) atoms. The Morgan fingerprint density at radius 3 is 2.38 bits per heavy atom. The van der Waals surface area contributed by atoms with Crippen LogP contribution in [0.25, 0.3) is 0 Å². The minimum absolute atomic E-state index is 0.0237. The quantitative estimate of drug-likeness (QED) is 0.459. The zero-order valence-corrected chi connectivity index (χ0v) is 19.7. The maximum atomic E-state index is 12.5. The topological polar surface area (TPSA) is 111 Å². The van der Waals surface area contributed by atoms with Gasteiger partial charge >= 0.3 is 5.97 Å². The van der Waals surface area contributed by atoms with Crippen LogP contribution in [0.15, 0.2) is 42.5 Å². The van der Waals surface area contributed by atoms with Crippen LogP contribution in [0.5, 0.6) is 0 Å². The number of hydrogen-bond acceptors (Lipinski definition) is 6. The number of methoxy groups -OCH3 is 1. The normalized spacial score (nSPS) is 14.0. The largest absolute Gasteiger partial charge is 0.478 e. The Labute approximate surface area is 199 Å². The zero-order chi connectivity index (χ0) is 24.5. The lowest BCUT2D eigenvalue weighted by Gasteiger charge is -2.36. The van der Waals surface area contributed by atoms with Crippen LogP contribution in [0.1, 0.15) is 32.7 Å². The Morgan fingerprint density at radius 2 is 1.74 bits per heavy atom. The van der Waals surface area contributed by atoms with Gasteiger partial charge in [0, 0.05) is 57.7 Å². The van der Waals surface area contributed by atoms with Crippen molar-refractivity contribution in [3.05, 3.63) is 59.2 Å². The van der Waals surface area contributed by atoms with E-state index in [-0.39, 0.29) is 17.4 Å². The fraction of sp³-hybridized carbons (Fsp3) is 0.400. The number of ether oxygens (including phenoxy) is 1. The van der Waals surface area contributed by atoms with Gasteiger partial charge in [0.1, 0.15) is 0 Å². The van der Waals surface area contributed by atoms with E-state index >= 15 is 0 Å². The van der Waals surface area contributed by atoms with E-state index in [1.165, 1.54) is 6.07 Å². The highest BCUT2D eigenvalue weighted by Crippen LogP contribution is 2.26. The van der Waals surface area contributed by atoms with Gasteiger partial charge in [0.15, 0.2) is 0 Å². The fourth-order valence-corrected chi connectivity index (χ4v) is 3.82. The molecule has 0 radical (unpaired) electrons. The van der Waals surface area contributed by atoms with Crippen molar-refractivity contribution >= 4 is 29.2 Å². The molecular weight excluding hydrogens is 436 g/mol. The van der Waals surface area contributed by atoms with E-state index in [1.54, 1.807) is 31.4 Å². The van der Waals surface area contributed by atoms with E-state index in [4.69, 9.17) is 4.74 Å². The highest BCUT2D eigenvalue weighted by molar-refractivity contribution is 6.05. The molecule has 0 aliphatic carbocycles. The number of benzene rings is 2. The second kappa shape index (κ2) is 12.2. The predicted molar refractivity (Wildman–Crippen MR) is 131 cm³/mol. The van der Waals surface area contributed by atoms with Gasteiger partial charge in [-0.25, -0.2) is 4.79 Å². The molecular formula is C25H32N4O5. The molecule has 3 N–H and O–H groups in total. The van der Waals surface area contributed by atoms with Crippen molar-refractivity contribution in [2.24, 2.45) is 0 Å². The standard InChI is InChI=1S/C25H32N4O5/c1-18-4-6-19(7-5-18)24(31)27-20-8-9-22(21(16-20)25(32)33)29-13-11-28(12-14-29)17-23(30)26-10-3-15-34-2/h4-9,16H,3,10-15,17H2,1-2H3,(H,26,30)(H,27,31)(H,32,33). The average molecular weight is 469 g/mol. The van der Waals surface area contributed by atoms with Gasteiger partial charge in [0.05, 0.1) is 17.8 Å². The van der Waals surface area contributed by atoms with Gasteiger partial charge < -0.3 is 25.4 Å². The van der Waals surface area contributed by atoms with Gasteiger partial charge in [-0.1, -0.05) is 17.7 Å². The Hall–Kier alpha value is -3.43. The van der Waals surface area contributed by atoms with Crippen LogP contribution in [-0.4, -0.2) is 80.8 Å². The monoisotopic (exact) mass is 468 g/mol. The minimum atomic E-state index is -1.06. The van der Waals surface area contributed by atoms with Crippen LogP contribution in [0, 0.1) is 6.92 Å².